The molecule has 154 valence electrons. The van der Waals surface area contributed by atoms with Crippen LogP contribution in [0.3, 0.4) is 0 Å². The summed E-state index contributed by atoms with van der Waals surface area (Å²) in [6.45, 7) is 6.79. The van der Waals surface area contributed by atoms with Crippen molar-refractivity contribution in [3.63, 3.8) is 0 Å². The molecule has 1 fully saturated rings. The summed E-state index contributed by atoms with van der Waals surface area (Å²) in [5.74, 6) is 0.780. The summed E-state index contributed by atoms with van der Waals surface area (Å²) < 4.78 is 6.86. The van der Waals surface area contributed by atoms with Crippen molar-refractivity contribution < 1.29 is 9.53 Å². The van der Waals surface area contributed by atoms with E-state index >= 15 is 0 Å². The van der Waals surface area contributed by atoms with Crippen molar-refractivity contribution in [3.05, 3.63) is 35.8 Å². The van der Waals surface area contributed by atoms with E-state index in [4.69, 9.17) is 4.74 Å². The molecule has 0 radical (unpaired) electrons. The number of nitrogens with zero attached hydrogens (tertiary/aromatic N) is 4. The molecule has 28 heavy (non-hydrogen) atoms. The number of guanidine groups is 1. The lowest BCUT2D eigenvalue weighted by atomic mass is 10.1. The Labute approximate surface area is 182 Å². The minimum absolute atomic E-state index is 0. The highest BCUT2D eigenvalue weighted by molar-refractivity contribution is 14.0. The number of methoxy groups -OCH3 is 1. The van der Waals surface area contributed by atoms with Crippen LogP contribution in [0.15, 0.2) is 29.4 Å². The Morgan fingerprint density at radius 1 is 1.36 bits per heavy atom. The molecule has 0 aliphatic carbocycles. The molecule has 2 aromatic heterocycles. The van der Waals surface area contributed by atoms with Gasteiger partial charge in [-0.1, -0.05) is 6.07 Å². The number of halogens is 1. The lowest BCUT2D eigenvalue weighted by Gasteiger charge is -2.32. The number of carbonyl (C=O) groups is 1. The molecule has 1 amide bonds. The summed E-state index contributed by atoms with van der Waals surface area (Å²) in [4.78, 5) is 22.7. The van der Waals surface area contributed by atoms with Gasteiger partial charge in [0.15, 0.2) is 5.96 Å². The molecule has 0 spiro atoms. The van der Waals surface area contributed by atoms with E-state index in [0.717, 1.165) is 42.4 Å². The van der Waals surface area contributed by atoms with Crippen molar-refractivity contribution >= 4 is 41.7 Å². The molecule has 2 N–H and O–H groups in total. The highest BCUT2D eigenvalue weighted by Gasteiger charge is 2.23. The fourth-order valence-corrected chi connectivity index (χ4v) is 3.28. The van der Waals surface area contributed by atoms with Crippen LogP contribution < -0.4 is 10.6 Å². The zero-order chi connectivity index (χ0) is 19.2. The molecule has 3 heterocycles. The Balaban J connectivity index is 0.00000280. The van der Waals surface area contributed by atoms with Crippen molar-refractivity contribution in [2.75, 3.05) is 26.7 Å². The van der Waals surface area contributed by atoms with Gasteiger partial charge in [-0.25, -0.2) is 14.8 Å². The molecule has 1 aliphatic rings. The number of amides is 1. The number of piperidine rings is 1. The van der Waals surface area contributed by atoms with Gasteiger partial charge in [0, 0.05) is 37.6 Å². The first-order valence-corrected chi connectivity index (χ1v) is 9.42. The predicted octanol–water partition coefficient (Wildman–Crippen LogP) is 2.55. The fourth-order valence-electron chi connectivity index (χ4n) is 3.28. The Hall–Kier alpha value is -2.04. The molecule has 2 aromatic rings. The number of nitrogens with one attached hydrogen (secondary N) is 2. The van der Waals surface area contributed by atoms with Gasteiger partial charge >= 0.3 is 6.09 Å². The Morgan fingerprint density at radius 2 is 2.11 bits per heavy atom. The zero-order valence-corrected chi connectivity index (χ0v) is 19.0. The van der Waals surface area contributed by atoms with E-state index in [1.54, 1.807) is 4.90 Å². The van der Waals surface area contributed by atoms with E-state index in [1.165, 1.54) is 7.11 Å². The number of rotatable bonds is 4. The maximum atomic E-state index is 11.6. The number of carbonyl (C=O) groups excluding carboxylic acids is 1. The van der Waals surface area contributed by atoms with Crippen LogP contribution in [0, 0.1) is 6.92 Å². The number of aryl methyl sites for hydroxylation is 1. The SMILES string of the molecule is CCNC(=NCc1cn2c(C)cccc2n1)NC1CCN(C(=O)OC)CC1.I. The number of aromatic nitrogens is 2. The van der Waals surface area contributed by atoms with Crippen LogP contribution in [0.1, 0.15) is 31.2 Å². The highest BCUT2D eigenvalue weighted by Crippen LogP contribution is 2.12. The highest BCUT2D eigenvalue weighted by atomic mass is 127. The molecule has 0 saturated carbocycles. The average Bonchev–Trinajstić information content (AvgIpc) is 3.11. The number of aliphatic imine (C=N–C) groups is 1. The van der Waals surface area contributed by atoms with Crippen molar-refractivity contribution in [2.45, 2.75) is 39.3 Å². The molecule has 0 aromatic carbocycles. The van der Waals surface area contributed by atoms with E-state index in [1.807, 2.05) is 25.3 Å². The van der Waals surface area contributed by atoms with Crippen LogP contribution in [0.5, 0.6) is 0 Å². The zero-order valence-electron chi connectivity index (χ0n) is 16.6. The Bertz CT molecular complexity index is 814. The molecule has 9 heteroatoms. The molecule has 1 aliphatic heterocycles. The number of ether oxygens (including phenoxy) is 1. The molecule has 8 nitrogen and oxygen atoms in total. The largest absolute Gasteiger partial charge is 0.453 e. The summed E-state index contributed by atoms with van der Waals surface area (Å²) in [5.41, 5.74) is 3.02. The number of imidazole rings is 1. The molecule has 0 bridgehead atoms. The minimum Gasteiger partial charge on any atom is -0.453 e. The standard InChI is InChI=1S/C19H28N6O2.HI/c1-4-20-18(23-15-8-10-24(11-9-15)19(26)27-3)21-12-16-13-25-14(2)6-5-7-17(25)22-16;/h5-7,13,15H,4,8-12H2,1-3H3,(H2,20,21,23);1H. The van der Waals surface area contributed by atoms with Gasteiger partial charge in [0.1, 0.15) is 5.65 Å². The average molecular weight is 500 g/mol. The topological polar surface area (TPSA) is 83.3 Å². The third-order valence-electron chi connectivity index (χ3n) is 4.76. The molecule has 1 saturated heterocycles. The maximum Gasteiger partial charge on any atom is 0.409 e. The molecular weight excluding hydrogens is 471 g/mol. The van der Waals surface area contributed by atoms with Crippen LogP contribution in [-0.4, -0.2) is 59.1 Å². The lowest BCUT2D eigenvalue weighted by molar-refractivity contribution is 0.111. The summed E-state index contributed by atoms with van der Waals surface area (Å²) in [6.07, 6.45) is 3.52. The predicted molar refractivity (Wildman–Crippen MR) is 120 cm³/mol. The van der Waals surface area contributed by atoms with Crippen LogP contribution in [0.4, 0.5) is 4.79 Å². The number of pyridine rings is 1. The monoisotopic (exact) mass is 500 g/mol. The summed E-state index contributed by atoms with van der Waals surface area (Å²) in [6, 6.07) is 6.36. The fraction of sp³-hybridized carbons (Fsp3) is 0.526. The van der Waals surface area contributed by atoms with Gasteiger partial charge in [-0.3, -0.25) is 0 Å². The minimum atomic E-state index is -0.254. The third-order valence-corrected chi connectivity index (χ3v) is 4.76. The van der Waals surface area contributed by atoms with Gasteiger partial charge < -0.3 is 24.7 Å². The maximum absolute atomic E-state index is 11.6. The first-order valence-electron chi connectivity index (χ1n) is 9.42. The first kappa shape index (κ1) is 22.3. The van der Waals surface area contributed by atoms with Gasteiger partial charge in [0.25, 0.3) is 0 Å². The number of likely N-dealkylation sites (tertiary alicyclic amines) is 1. The normalized spacial score (nSPS) is 15.2. The second-order valence-corrected chi connectivity index (χ2v) is 6.70. The van der Waals surface area contributed by atoms with Crippen molar-refractivity contribution in [1.82, 2.24) is 24.9 Å². The Morgan fingerprint density at radius 3 is 2.75 bits per heavy atom. The van der Waals surface area contributed by atoms with E-state index < -0.39 is 0 Å². The number of fused-ring (bicyclic) bond motifs is 1. The van der Waals surface area contributed by atoms with Crippen LogP contribution in [-0.2, 0) is 11.3 Å². The second kappa shape index (κ2) is 10.5. The van der Waals surface area contributed by atoms with Crippen LogP contribution >= 0.6 is 24.0 Å². The lowest BCUT2D eigenvalue weighted by Crippen LogP contribution is -2.49. The summed E-state index contributed by atoms with van der Waals surface area (Å²) in [7, 11) is 1.42. The van der Waals surface area contributed by atoms with Gasteiger partial charge in [-0.05, 0) is 38.8 Å². The molecule has 3 rings (SSSR count). The third kappa shape index (κ3) is 5.49. The number of hydrogen-bond donors (Lipinski definition) is 2. The van der Waals surface area contributed by atoms with Crippen molar-refractivity contribution in [1.29, 1.82) is 0 Å². The van der Waals surface area contributed by atoms with E-state index in [2.05, 4.69) is 38.0 Å². The van der Waals surface area contributed by atoms with Crippen molar-refractivity contribution in [3.8, 4) is 0 Å². The molecular formula is C19H29IN6O2. The van der Waals surface area contributed by atoms with Gasteiger partial charge in [0.2, 0.25) is 0 Å². The molecule has 0 unspecified atom stereocenters. The number of hydrogen-bond acceptors (Lipinski definition) is 4. The summed E-state index contributed by atoms with van der Waals surface area (Å²) in [5, 5.41) is 6.76. The molecule has 0 atom stereocenters. The van der Waals surface area contributed by atoms with Crippen molar-refractivity contribution in [2.24, 2.45) is 4.99 Å². The van der Waals surface area contributed by atoms with E-state index in [0.29, 0.717) is 19.6 Å². The van der Waals surface area contributed by atoms with Crippen LogP contribution in [0.2, 0.25) is 0 Å². The van der Waals surface area contributed by atoms with E-state index in [-0.39, 0.29) is 36.1 Å². The van der Waals surface area contributed by atoms with E-state index in [9.17, 15) is 4.79 Å². The van der Waals surface area contributed by atoms with Gasteiger partial charge in [0.05, 0.1) is 19.3 Å². The quantitative estimate of drug-likeness (QED) is 0.383. The van der Waals surface area contributed by atoms with Gasteiger partial charge in [-0.15, -0.1) is 24.0 Å². The summed E-state index contributed by atoms with van der Waals surface area (Å²) >= 11 is 0. The van der Waals surface area contributed by atoms with Crippen LogP contribution in [0.25, 0.3) is 5.65 Å². The van der Waals surface area contributed by atoms with Gasteiger partial charge in [-0.2, -0.15) is 0 Å². The Kier molecular flexibility index (Phi) is 8.34. The first-order chi connectivity index (χ1) is 13.1. The second-order valence-electron chi connectivity index (χ2n) is 6.70. The smallest absolute Gasteiger partial charge is 0.409 e.